The second-order valence-corrected chi connectivity index (χ2v) is 7.35. The van der Waals surface area contributed by atoms with Crippen LogP contribution in [0, 0.1) is 45.3 Å². The first kappa shape index (κ1) is 14.2. The van der Waals surface area contributed by atoms with Gasteiger partial charge in [-0.1, -0.05) is 0 Å². The van der Waals surface area contributed by atoms with Crippen molar-refractivity contribution in [3.63, 3.8) is 0 Å². The lowest BCUT2D eigenvalue weighted by Gasteiger charge is -3.13. The molecule has 6 aliphatic rings. The van der Waals surface area contributed by atoms with Crippen LogP contribution in [0.1, 0.15) is 0 Å². The van der Waals surface area contributed by atoms with Crippen LogP contribution in [0.25, 0.3) is 0 Å². The highest BCUT2D eigenvalue weighted by molar-refractivity contribution is 6.14. The normalized spacial score (nSPS) is 55.2. The number of esters is 4. The molecule has 0 saturated heterocycles. The minimum Gasteiger partial charge on any atom is -0.469 e. The third-order valence-corrected chi connectivity index (χ3v) is 8.05. The van der Waals surface area contributed by atoms with Gasteiger partial charge in [0.05, 0.1) is 50.1 Å². The van der Waals surface area contributed by atoms with Crippen molar-refractivity contribution in [3.8, 4) is 0 Å². The lowest BCUT2D eigenvalue weighted by Crippen LogP contribution is -3.21. The molecule has 0 N–H and O–H groups in total. The van der Waals surface area contributed by atoms with Crippen molar-refractivity contribution >= 4 is 23.9 Å². The van der Waals surface area contributed by atoms with Crippen molar-refractivity contribution in [3.05, 3.63) is 0 Å². The molecule has 24 heavy (non-hydrogen) atoms. The first-order valence-corrected chi connectivity index (χ1v) is 7.74. The van der Waals surface area contributed by atoms with Gasteiger partial charge in [0, 0.05) is 0 Å². The summed E-state index contributed by atoms with van der Waals surface area (Å²) in [5, 5.41) is 0. The van der Waals surface area contributed by atoms with E-state index >= 15 is 0 Å². The molecular formula is C16H16O8. The second-order valence-electron chi connectivity index (χ2n) is 7.35. The van der Waals surface area contributed by atoms with E-state index in [4.69, 9.17) is 18.9 Å². The van der Waals surface area contributed by atoms with Gasteiger partial charge in [0.1, 0.15) is 0 Å². The highest BCUT2D eigenvalue weighted by atomic mass is 16.5. The van der Waals surface area contributed by atoms with Gasteiger partial charge in [0.2, 0.25) is 0 Å². The zero-order valence-corrected chi connectivity index (χ0v) is 13.6. The van der Waals surface area contributed by atoms with Gasteiger partial charge in [-0.3, -0.25) is 19.2 Å². The van der Waals surface area contributed by atoms with E-state index in [-0.39, 0.29) is 0 Å². The third-order valence-electron chi connectivity index (χ3n) is 8.05. The van der Waals surface area contributed by atoms with Gasteiger partial charge < -0.3 is 18.9 Å². The molecule has 0 aromatic rings. The molecule has 6 saturated carbocycles. The van der Waals surface area contributed by atoms with Crippen molar-refractivity contribution in [1.82, 2.24) is 0 Å². The highest BCUT2D eigenvalue weighted by Crippen LogP contribution is 3.18. The van der Waals surface area contributed by atoms with Crippen LogP contribution in [-0.4, -0.2) is 52.3 Å². The summed E-state index contributed by atoms with van der Waals surface area (Å²) in [6, 6.07) is 0. The Morgan fingerprint density at radius 1 is 0.500 bits per heavy atom. The van der Waals surface area contributed by atoms with Crippen LogP contribution >= 0.6 is 0 Å². The lowest BCUT2D eigenvalue weighted by molar-refractivity contribution is -0.685. The SMILES string of the molecule is COC(=O)C12C3C4C1(C(=O)OC)C1C2C3(C(=O)OC)C41C(=O)OC. The summed E-state index contributed by atoms with van der Waals surface area (Å²) in [7, 11) is 5.04. The summed E-state index contributed by atoms with van der Waals surface area (Å²) < 4.78 is 19.8. The molecule has 0 atom stereocenters. The number of hydrogen-bond donors (Lipinski definition) is 0. The molecule has 6 aliphatic carbocycles. The van der Waals surface area contributed by atoms with Crippen molar-refractivity contribution < 1.29 is 38.1 Å². The fourth-order valence-electron chi connectivity index (χ4n) is 8.16. The van der Waals surface area contributed by atoms with Crippen LogP contribution in [0.5, 0.6) is 0 Å². The largest absolute Gasteiger partial charge is 0.469 e. The first-order valence-electron chi connectivity index (χ1n) is 7.74. The van der Waals surface area contributed by atoms with Crippen LogP contribution in [0.15, 0.2) is 0 Å². The average Bonchev–Trinajstić information content (AvgIpc) is 2.63. The zero-order valence-electron chi connectivity index (χ0n) is 13.6. The maximum Gasteiger partial charge on any atom is 0.313 e. The van der Waals surface area contributed by atoms with E-state index in [9.17, 15) is 19.2 Å². The number of hydrogen-bond acceptors (Lipinski definition) is 8. The molecule has 0 amide bonds. The van der Waals surface area contributed by atoms with Gasteiger partial charge in [-0.15, -0.1) is 0 Å². The Bertz CT molecular complexity index is 622. The number of carbonyl (C=O) groups excluding carboxylic acids is 4. The maximum absolute atomic E-state index is 12.5. The van der Waals surface area contributed by atoms with Gasteiger partial charge in [-0.2, -0.15) is 0 Å². The van der Waals surface area contributed by atoms with Crippen molar-refractivity contribution in [2.45, 2.75) is 0 Å². The fraction of sp³-hybridized carbons (Fsp3) is 0.750. The summed E-state index contributed by atoms with van der Waals surface area (Å²) in [5.74, 6) is -3.70. The Labute approximate surface area is 136 Å². The van der Waals surface area contributed by atoms with Gasteiger partial charge in [-0.25, -0.2) is 0 Å². The third kappa shape index (κ3) is 0.657. The van der Waals surface area contributed by atoms with Crippen molar-refractivity contribution in [2.24, 2.45) is 45.3 Å². The Hall–Kier alpha value is -2.12. The molecule has 6 rings (SSSR count). The fourth-order valence-corrected chi connectivity index (χ4v) is 8.16. The minimum atomic E-state index is -1.05. The number of rotatable bonds is 4. The number of ether oxygens (including phenoxy) is 4. The number of carbonyl (C=O) groups is 4. The molecule has 0 unspecified atom stereocenters. The van der Waals surface area contributed by atoms with E-state index in [2.05, 4.69) is 0 Å². The molecule has 8 heteroatoms. The van der Waals surface area contributed by atoms with E-state index in [1.165, 1.54) is 28.4 Å². The molecule has 0 radical (unpaired) electrons. The monoisotopic (exact) mass is 336 g/mol. The molecule has 0 aliphatic heterocycles. The first-order chi connectivity index (χ1) is 11.4. The van der Waals surface area contributed by atoms with Crippen LogP contribution in [0.4, 0.5) is 0 Å². The van der Waals surface area contributed by atoms with Gasteiger partial charge >= 0.3 is 23.9 Å². The van der Waals surface area contributed by atoms with Crippen LogP contribution in [-0.2, 0) is 38.1 Å². The summed E-state index contributed by atoms with van der Waals surface area (Å²) in [6.07, 6.45) is 0. The lowest BCUT2D eigenvalue weighted by atomic mass is 8.84. The molecule has 6 fully saturated rings. The van der Waals surface area contributed by atoms with E-state index < -0.39 is 69.2 Å². The molecule has 0 bridgehead atoms. The molecule has 0 aromatic heterocycles. The molecule has 0 spiro atoms. The molecule has 0 heterocycles. The van der Waals surface area contributed by atoms with Crippen LogP contribution in [0.3, 0.4) is 0 Å². The van der Waals surface area contributed by atoms with Crippen molar-refractivity contribution in [1.29, 1.82) is 0 Å². The predicted octanol–water partition coefficient (Wildman–Crippen LogP) is -0.843. The summed E-state index contributed by atoms with van der Waals surface area (Å²) in [5.41, 5.74) is -4.19. The molecule has 128 valence electrons. The van der Waals surface area contributed by atoms with Crippen molar-refractivity contribution in [2.75, 3.05) is 28.4 Å². The standard InChI is InChI=1S/C16H16O8/c1-21-9(17)13-5-7-14(13,10(18)22-2)8-6(13)15(5,11(19)23-3)16(7,8)12(20)24-4/h5-8H,1-4H3. The Morgan fingerprint density at radius 2 is 0.667 bits per heavy atom. The van der Waals surface area contributed by atoms with Crippen LogP contribution in [0.2, 0.25) is 0 Å². The van der Waals surface area contributed by atoms with Gasteiger partial charge in [0.25, 0.3) is 0 Å². The highest BCUT2D eigenvalue weighted by Gasteiger charge is 3.27. The van der Waals surface area contributed by atoms with E-state index in [1.807, 2.05) is 0 Å². The number of methoxy groups -OCH3 is 4. The maximum atomic E-state index is 12.5. The summed E-state index contributed by atoms with van der Waals surface area (Å²) in [6.45, 7) is 0. The topological polar surface area (TPSA) is 105 Å². The minimum absolute atomic E-state index is 0.418. The van der Waals surface area contributed by atoms with E-state index in [0.717, 1.165) is 0 Å². The Morgan fingerprint density at radius 3 is 0.792 bits per heavy atom. The molecule has 0 aromatic carbocycles. The van der Waals surface area contributed by atoms with Gasteiger partial charge in [0.15, 0.2) is 0 Å². The Balaban J connectivity index is 1.69. The second kappa shape index (κ2) is 3.32. The molecular weight excluding hydrogens is 320 g/mol. The van der Waals surface area contributed by atoms with Gasteiger partial charge in [-0.05, 0) is 23.7 Å². The quantitative estimate of drug-likeness (QED) is 0.483. The smallest absolute Gasteiger partial charge is 0.313 e. The average molecular weight is 336 g/mol. The molecule has 8 nitrogen and oxygen atoms in total. The summed E-state index contributed by atoms with van der Waals surface area (Å²) >= 11 is 0. The van der Waals surface area contributed by atoms with E-state index in [1.54, 1.807) is 0 Å². The predicted molar refractivity (Wildman–Crippen MR) is 71.8 cm³/mol. The summed E-state index contributed by atoms with van der Waals surface area (Å²) in [4.78, 5) is 50.1. The van der Waals surface area contributed by atoms with Crippen LogP contribution < -0.4 is 0 Å². The Kier molecular flexibility index (Phi) is 1.97. The van der Waals surface area contributed by atoms with E-state index in [0.29, 0.717) is 0 Å². The zero-order chi connectivity index (χ0) is 17.4.